The Morgan fingerprint density at radius 1 is 1.27 bits per heavy atom. The minimum absolute atomic E-state index is 0.00960. The number of sulfonamides is 1. The number of hydrogen-bond acceptors (Lipinski definition) is 5. The van der Waals surface area contributed by atoms with Crippen LogP contribution in [0.1, 0.15) is 11.1 Å². The van der Waals surface area contributed by atoms with Crippen molar-refractivity contribution >= 4 is 21.7 Å². The number of rotatable bonds is 4. The lowest BCUT2D eigenvalue weighted by molar-refractivity contribution is -0.385. The molecule has 0 spiro atoms. The molecule has 0 bridgehead atoms. The first kappa shape index (κ1) is 20.1. The van der Waals surface area contributed by atoms with Crippen LogP contribution in [0.4, 0.5) is 18.9 Å². The quantitative estimate of drug-likeness (QED) is 0.615. The molecule has 0 aromatic heterocycles. The second kappa shape index (κ2) is 6.50. The summed E-state index contributed by atoms with van der Waals surface area (Å²) in [5, 5.41) is 19.9. The molecule has 0 unspecified atom stereocenters. The van der Waals surface area contributed by atoms with Crippen LogP contribution in [0.3, 0.4) is 0 Å². The predicted octanol–water partition coefficient (Wildman–Crippen LogP) is 2.10. The monoisotopic (exact) mass is 396 g/mol. The van der Waals surface area contributed by atoms with Crippen LogP contribution in [0.25, 0.3) is 0 Å². The summed E-state index contributed by atoms with van der Waals surface area (Å²) in [6, 6.07) is 2.04. The van der Waals surface area contributed by atoms with Crippen molar-refractivity contribution in [1.29, 1.82) is 0 Å². The standard InChI is InChI=1S/C14H15F3N2O6S/c1-7-4-12(8(2)3-11(7)19(22)23)26(24,25)18-5-9(13(20)21)10(6-18)14(15,16)17/h3-4,9-10H,5-6H2,1-2H3,(H,20,21)/t9-,10-/m1/s1. The number of hydrogen-bond donors (Lipinski definition) is 1. The number of nitro benzene ring substituents is 1. The van der Waals surface area contributed by atoms with Crippen molar-refractivity contribution in [2.75, 3.05) is 13.1 Å². The highest BCUT2D eigenvalue weighted by molar-refractivity contribution is 7.89. The van der Waals surface area contributed by atoms with Gasteiger partial charge in [0, 0.05) is 24.7 Å². The molecule has 1 aromatic carbocycles. The van der Waals surface area contributed by atoms with Crippen LogP contribution in [0, 0.1) is 35.8 Å². The second-order valence-electron chi connectivity index (χ2n) is 6.08. The number of aryl methyl sites for hydroxylation is 2. The Morgan fingerprint density at radius 2 is 1.85 bits per heavy atom. The summed E-state index contributed by atoms with van der Waals surface area (Å²) in [6.45, 7) is 0.750. The minimum Gasteiger partial charge on any atom is -0.481 e. The summed E-state index contributed by atoms with van der Waals surface area (Å²) in [5.41, 5.74) is -0.301. The third-order valence-electron chi connectivity index (χ3n) is 4.33. The maximum Gasteiger partial charge on any atom is 0.393 e. The Hall–Kier alpha value is -2.21. The zero-order chi connectivity index (χ0) is 20.0. The van der Waals surface area contributed by atoms with Crippen LogP contribution >= 0.6 is 0 Å². The van der Waals surface area contributed by atoms with Gasteiger partial charge in [0.2, 0.25) is 10.0 Å². The minimum atomic E-state index is -4.87. The third-order valence-corrected chi connectivity index (χ3v) is 6.31. The van der Waals surface area contributed by atoms with Crippen molar-refractivity contribution in [3.8, 4) is 0 Å². The molecule has 1 saturated heterocycles. The highest BCUT2D eigenvalue weighted by atomic mass is 32.2. The lowest BCUT2D eigenvalue weighted by Gasteiger charge is -2.19. The average molecular weight is 396 g/mol. The van der Waals surface area contributed by atoms with E-state index in [0.29, 0.717) is 4.31 Å². The van der Waals surface area contributed by atoms with E-state index in [4.69, 9.17) is 5.11 Å². The Kier molecular flexibility index (Phi) is 5.03. The van der Waals surface area contributed by atoms with Crippen molar-refractivity contribution in [3.63, 3.8) is 0 Å². The predicted molar refractivity (Wildman–Crippen MR) is 82.0 cm³/mol. The maximum absolute atomic E-state index is 13.1. The number of halogens is 3. The summed E-state index contributed by atoms with van der Waals surface area (Å²) in [7, 11) is -4.45. The first-order chi connectivity index (χ1) is 11.8. The van der Waals surface area contributed by atoms with Crippen molar-refractivity contribution < 1.29 is 36.4 Å². The molecular weight excluding hydrogens is 381 g/mol. The number of carboxylic acid groups (broad SMARTS) is 1. The van der Waals surface area contributed by atoms with E-state index in [1.807, 2.05) is 0 Å². The van der Waals surface area contributed by atoms with Gasteiger partial charge in [-0.3, -0.25) is 14.9 Å². The van der Waals surface area contributed by atoms with Crippen molar-refractivity contribution in [1.82, 2.24) is 4.31 Å². The lowest BCUT2D eigenvalue weighted by Crippen LogP contribution is -2.34. The normalized spacial score (nSPS) is 21.7. The number of carboxylic acids is 1. The molecule has 2 atom stereocenters. The number of benzene rings is 1. The van der Waals surface area contributed by atoms with Crippen LogP contribution < -0.4 is 0 Å². The molecule has 26 heavy (non-hydrogen) atoms. The number of nitrogens with zero attached hydrogens (tertiary/aromatic N) is 2. The lowest BCUT2D eigenvalue weighted by atomic mass is 9.96. The largest absolute Gasteiger partial charge is 0.481 e. The molecule has 1 aliphatic rings. The van der Waals surface area contributed by atoms with E-state index in [9.17, 15) is 36.5 Å². The van der Waals surface area contributed by atoms with Gasteiger partial charge in [-0.25, -0.2) is 8.42 Å². The molecule has 0 radical (unpaired) electrons. The molecule has 144 valence electrons. The summed E-state index contributed by atoms with van der Waals surface area (Å²) < 4.78 is 65.1. The topological polar surface area (TPSA) is 118 Å². The molecule has 1 fully saturated rings. The number of nitro groups is 1. The summed E-state index contributed by atoms with van der Waals surface area (Å²) in [4.78, 5) is 20.9. The zero-order valence-corrected chi connectivity index (χ0v) is 14.5. The van der Waals surface area contributed by atoms with Gasteiger partial charge in [0.05, 0.1) is 21.7 Å². The molecule has 1 N–H and O–H groups in total. The number of aliphatic carboxylic acids is 1. The average Bonchev–Trinajstić information content (AvgIpc) is 2.95. The highest BCUT2D eigenvalue weighted by Crippen LogP contribution is 2.40. The highest BCUT2D eigenvalue weighted by Gasteiger charge is 2.55. The van der Waals surface area contributed by atoms with E-state index in [1.54, 1.807) is 0 Å². The van der Waals surface area contributed by atoms with Gasteiger partial charge >= 0.3 is 12.1 Å². The van der Waals surface area contributed by atoms with Crippen molar-refractivity contribution in [3.05, 3.63) is 33.4 Å². The Morgan fingerprint density at radius 3 is 2.27 bits per heavy atom. The zero-order valence-electron chi connectivity index (χ0n) is 13.6. The number of alkyl halides is 3. The van der Waals surface area contributed by atoms with Gasteiger partial charge in [0.1, 0.15) is 0 Å². The van der Waals surface area contributed by atoms with Crippen LogP contribution in [0.15, 0.2) is 17.0 Å². The van der Waals surface area contributed by atoms with E-state index >= 15 is 0 Å². The fraction of sp³-hybridized carbons (Fsp3) is 0.500. The van der Waals surface area contributed by atoms with E-state index < -0.39 is 52.0 Å². The molecule has 0 saturated carbocycles. The van der Waals surface area contributed by atoms with Gasteiger partial charge in [-0.15, -0.1) is 0 Å². The number of carbonyl (C=O) groups is 1. The molecule has 1 heterocycles. The molecular formula is C14H15F3N2O6S. The van der Waals surface area contributed by atoms with Gasteiger partial charge in [0.15, 0.2) is 0 Å². The van der Waals surface area contributed by atoms with E-state index in [-0.39, 0.29) is 21.7 Å². The Labute approximate surface area is 146 Å². The SMILES string of the molecule is Cc1cc(S(=O)(=O)N2C[C@@H](C(F)(F)F)[C@H](C(=O)O)C2)c(C)cc1[N+](=O)[O-]. The summed E-state index contributed by atoms with van der Waals surface area (Å²) in [6.07, 6.45) is -4.87. The van der Waals surface area contributed by atoms with Crippen LogP contribution in [0.5, 0.6) is 0 Å². The van der Waals surface area contributed by atoms with E-state index in [1.165, 1.54) is 13.8 Å². The van der Waals surface area contributed by atoms with Crippen molar-refractivity contribution in [2.45, 2.75) is 24.9 Å². The summed E-state index contributed by atoms with van der Waals surface area (Å²) in [5.74, 6) is -5.97. The molecule has 12 heteroatoms. The van der Waals surface area contributed by atoms with Crippen LogP contribution in [0.2, 0.25) is 0 Å². The van der Waals surface area contributed by atoms with Gasteiger partial charge in [-0.2, -0.15) is 17.5 Å². The first-order valence-electron chi connectivity index (χ1n) is 7.32. The van der Waals surface area contributed by atoms with E-state index in [2.05, 4.69) is 0 Å². The molecule has 1 aromatic rings. The van der Waals surface area contributed by atoms with Gasteiger partial charge < -0.3 is 5.11 Å². The Bertz CT molecular complexity index is 868. The van der Waals surface area contributed by atoms with Gasteiger partial charge in [0.25, 0.3) is 5.69 Å². The van der Waals surface area contributed by atoms with Crippen LogP contribution in [-0.4, -0.2) is 48.0 Å². The first-order valence-corrected chi connectivity index (χ1v) is 8.76. The molecule has 2 rings (SSSR count). The van der Waals surface area contributed by atoms with Crippen molar-refractivity contribution in [2.24, 2.45) is 11.8 Å². The molecule has 1 aliphatic heterocycles. The third kappa shape index (κ3) is 3.51. The molecule has 0 amide bonds. The fourth-order valence-electron chi connectivity index (χ4n) is 2.93. The van der Waals surface area contributed by atoms with Gasteiger partial charge in [-0.05, 0) is 25.5 Å². The maximum atomic E-state index is 13.1. The van der Waals surface area contributed by atoms with E-state index in [0.717, 1.165) is 12.1 Å². The summed E-state index contributed by atoms with van der Waals surface area (Å²) >= 11 is 0. The molecule has 8 nitrogen and oxygen atoms in total. The second-order valence-corrected chi connectivity index (χ2v) is 7.98. The Balaban J connectivity index is 2.47. The van der Waals surface area contributed by atoms with Gasteiger partial charge in [-0.1, -0.05) is 0 Å². The fourth-order valence-corrected chi connectivity index (χ4v) is 4.72. The molecule has 0 aliphatic carbocycles. The smallest absolute Gasteiger partial charge is 0.393 e. The van der Waals surface area contributed by atoms with Crippen LogP contribution in [-0.2, 0) is 14.8 Å².